The van der Waals surface area contributed by atoms with Gasteiger partial charge in [-0.25, -0.2) is 23.0 Å². The minimum Gasteiger partial charge on any atom is -0.293 e. The number of hydrogen-bond acceptors (Lipinski definition) is 5. The highest BCUT2D eigenvalue weighted by Crippen LogP contribution is 2.20. The van der Waals surface area contributed by atoms with Crippen LogP contribution in [0.25, 0.3) is 16.9 Å². The topological polar surface area (TPSA) is 119 Å². The molecule has 0 amide bonds. The van der Waals surface area contributed by atoms with Crippen LogP contribution in [0.15, 0.2) is 52.3 Å². The predicted octanol–water partition coefficient (Wildman–Crippen LogP) is 2.29. The number of aromatic amines is 1. The van der Waals surface area contributed by atoms with Crippen LogP contribution in [0.4, 0.5) is 0 Å². The molecule has 9 heteroatoms. The number of nitrogens with zero attached hydrogens (tertiary/aromatic N) is 4. The SMILES string of the molecule is Cc1[nH]n(-c2ccc([S@](=N)(=O)N(C)C)cn2)c(=O)c1-c1ccc(C#N)cc1. The Morgan fingerprint density at radius 2 is 1.89 bits per heavy atom. The monoisotopic (exact) mass is 382 g/mol. The van der Waals surface area contributed by atoms with Gasteiger partial charge in [0.15, 0.2) is 5.82 Å². The van der Waals surface area contributed by atoms with Crippen LogP contribution in [0.1, 0.15) is 11.3 Å². The molecule has 2 aromatic heterocycles. The van der Waals surface area contributed by atoms with Gasteiger partial charge in [0, 0.05) is 26.0 Å². The summed E-state index contributed by atoms with van der Waals surface area (Å²) in [5.74, 6) is 0.334. The molecule has 0 bridgehead atoms. The lowest BCUT2D eigenvalue weighted by molar-refractivity contribution is 0.588. The number of pyridine rings is 1. The highest BCUT2D eigenvalue weighted by molar-refractivity contribution is 7.90. The summed E-state index contributed by atoms with van der Waals surface area (Å²) in [5, 5.41) is 11.9. The van der Waals surface area contributed by atoms with Crippen LogP contribution in [0.2, 0.25) is 0 Å². The molecule has 3 rings (SSSR count). The van der Waals surface area contributed by atoms with Crippen LogP contribution in [-0.2, 0) is 9.92 Å². The van der Waals surface area contributed by atoms with E-state index in [2.05, 4.69) is 10.1 Å². The summed E-state index contributed by atoms with van der Waals surface area (Å²) in [6.07, 6.45) is 1.34. The van der Waals surface area contributed by atoms with Gasteiger partial charge >= 0.3 is 0 Å². The molecule has 8 nitrogen and oxygen atoms in total. The number of aromatic nitrogens is 3. The van der Waals surface area contributed by atoms with Crippen molar-refractivity contribution in [2.45, 2.75) is 11.8 Å². The average molecular weight is 382 g/mol. The Hall–Kier alpha value is -3.22. The molecule has 0 unspecified atom stereocenters. The molecule has 27 heavy (non-hydrogen) atoms. The van der Waals surface area contributed by atoms with Gasteiger partial charge < -0.3 is 0 Å². The van der Waals surface area contributed by atoms with Crippen molar-refractivity contribution < 1.29 is 4.21 Å². The zero-order valence-corrected chi connectivity index (χ0v) is 15.9. The molecular formula is C18H18N6O2S. The molecule has 0 saturated heterocycles. The van der Waals surface area contributed by atoms with E-state index in [0.717, 1.165) is 0 Å². The van der Waals surface area contributed by atoms with Crippen LogP contribution < -0.4 is 5.56 Å². The number of nitriles is 1. The van der Waals surface area contributed by atoms with Crippen molar-refractivity contribution in [3.05, 3.63) is 64.2 Å². The first kappa shape index (κ1) is 18.6. The van der Waals surface area contributed by atoms with Gasteiger partial charge in [0.1, 0.15) is 9.92 Å². The third-order valence-corrected chi connectivity index (χ3v) is 6.07. The zero-order valence-electron chi connectivity index (χ0n) is 15.1. The minimum absolute atomic E-state index is 0.264. The Morgan fingerprint density at radius 1 is 1.22 bits per heavy atom. The van der Waals surface area contributed by atoms with Gasteiger partial charge in [-0.3, -0.25) is 9.89 Å². The maximum Gasteiger partial charge on any atom is 0.280 e. The molecule has 3 aromatic rings. The van der Waals surface area contributed by atoms with E-state index < -0.39 is 9.92 Å². The molecule has 0 fully saturated rings. The maximum absolute atomic E-state index is 12.9. The number of benzene rings is 1. The standard InChI is InChI=1S/C18H18N6O2S/c1-12-17(14-6-4-13(10-19)5-7-14)18(25)24(22-12)16-9-8-15(11-21-16)27(20,26)23(2)3/h4-9,11,20,22H,1-3H3/t27-/m1/s1. The lowest BCUT2D eigenvalue weighted by Crippen LogP contribution is -2.21. The molecule has 2 N–H and O–H groups in total. The number of nitrogens with one attached hydrogen (secondary N) is 2. The number of H-pyrrole nitrogens is 1. The molecule has 138 valence electrons. The van der Waals surface area contributed by atoms with Crippen molar-refractivity contribution in [2.75, 3.05) is 14.1 Å². The molecule has 2 heterocycles. The van der Waals surface area contributed by atoms with Crippen LogP contribution in [-0.4, -0.2) is 37.4 Å². The largest absolute Gasteiger partial charge is 0.293 e. The summed E-state index contributed by atoms with van der Waals surface area (Å²) in [6.45, 7) is 1.78. The van der Waals surface area contributed by atoms with Crippen LogP contribution in [0, 0.1) is 23.0 Å². The van der Waals surface area contributed by atoms with Crippen molar-refractivity contribution in [2.24, 2.45) is 0 Å². The first-order chi connectivity index (χ1) is 12.8. The number of rotatable bonds is 4. The van der Waals surface area contributed by atoms with Crippen molar-refractivity contribution >= 4 is 9.92 Å². The first-order valence-corrected chi connectivity index (χ1v) is 9.52. The highest BCUT2D eigenvalue weighted by Gasteiger charge is 2.17. The fourth-order valence-electron chi connectivity index (χ4n) is 2.64. The Kier molecular flexibility index (Phi) is 4.70. The van der Waals surface area contributed by atoms with E-state index >= 15 is 0 Å². The van der Waals surface area contributed by atoms with E-state index in [-0.39, 0.29) is 10.5 Å². The van der Waals surface area contributed by atoms with Crippen molar-refractivity contribution in [1.82, 2.24) is 19.1 Å². The summed E-state index contributed by atoms with van der Waals surface area (Å²) in [5.41, 5.74) is 2.09. The van der Waals surface area contributed by atoms with E-state index in [1.165, 1.54) is 21.3 Å². The van der Waals surface area contributed by atoms with Gasteiger partial charge in [-0.05, 0) is 36.8 Å². The fourth-order valence-corrected chi connectivity index (χ4v) is 3.51. The lowest BCUT2D eigenvalue weighted by Gasteiger charge is -2.14. The van der Waals surface area contributed by atoms with E-state index in [0.29, 0.717) is 28.2 Å². The van der Waals surface area contributed by atoms with Gasteiger partial charge in [-0.1, -0.05) is 12.1 Å². The lowest BCUT2D eigenvalue weighted by atomic mass is 10.1. The quantitative estimate of drug-likeness (QED) is 0.719. The van der Waals surface area contributed by atoms with Gasteiger partial charge in [-0.2, -0.15) is 5.26 Å². The molecule has 0 aliphatic rings. The zero-order chi connectivity index (χ0) is 19.8. The number of hydrogen-bond donors (Lipinski definition) is 2. The average Bonchev–Trinajstić information content (AvgIpc) is 2.96. The van der Waals surface area contributed by atoms with E-state index in [9.17, 15) is 9.00 Å². The van der Waals surface area contributed by atoms with Crippen LogP contribution >= 0.6 is 0 Å². The second-order valence-electron chi connectivity index (χ2n) is 6.13. The Balaban J connectivity index is 2.04. The minimum atomic E-state index is -3.09. The molecule has 0 spiro atoms. The second-order valence-corrected chi connectivity index (χ2v) is 8.39. The van der Waals surface area contributed by atoms with Gasteiger partial charge in [0.2, 0.25) is 0 Å². The molecule has 0 saturated carbocycles. The van der Waals surface area contributed by atoms with Gasteiger partial charge in [0.25, 0.3) is 5.56 Å². The summed E-state index contributed by atoms with van der Waals surface area (Å²) in [4.78, 5) is 17.3. The Morgan fingerprint density at radius 3 is 2.41 bits per heavy atom. The summed E-state index contributed by atoms with van der Waals surface area (Å²) >= 11 is 0. The van der Waals surface area contributed by atoms with Crippen LogP contribution in [0.5, 0.6) is 0 Å². The van der Waals surface area contributed by atoms with Gasteiger partial charge in [-0.15, -0.1) is 0 Å². The molecule has 0 radical (unpaired) electrons. The fraction of sp³-hybridized carbons (Fsp3) is 0.167. The summed E-state index contributed by atoms with van der Waals surface area (Å²) in [6, 6.07) is 11.9. The van der Waals surface area contributed by atoms with Crippen molar-refractivity contribution in [1.29, 1.82) is 10.0 Å². The molecule has 0 aliphatic heterocycles. The van der Waals surface area contributed by atoms with Crippen molar-refractivity contribution in [3.63, 3.8) is 0 Å². The van der Waals surface area contributed by atoms with E-state index in [1.807, 2.05) is 6.07 Å². The summed E-state index contributed by atoms with van der Waals surface area (Å²) < 4.78 is 22.9. The Bertz CT molecular complexity index is 1180. The van der Waals surface area contributed by atoms with Gasteiger partial charge in [0.05, 0.1) is 22.1 Å². The van der Waals surface area contributed by atoms with E-state index in [4.69, 9.17) is 10.0 Å². The van der Waals surface area contributed by atoms with E-state index in [1.54, 1.807) is 51.4 Å². The highest BCUT2D eigenvalue weighted by atomic mass is 32.2. The Labute approximate surface area is 156 Å². The maximum atomic E-state index is 12.9. The third kappa shape index (κ3) is 3.28. The molecular weight excluding hydrogens is 364 g/mol. The molecule has 1 aromatic carbocycles. The first-order valence-electron chi connectivity index (χ1n) is 8.00. The van der Waals surface area contributed by atoms with Crippen molar-refractivity contribution in [3.8, 4) is 23.0 Å². The smallest absolute Gasteiger partial charge is 0.280 e. The third-order valence-electron chi connectivity index (χ3n) is 4.16. The second kappa shape index (κ2) is 6.83. The normalized spacial score (nSPS) is 13.3. The predicted molar refractivity (Wildman–Crippen MR) is 102 cm³/mol. The molecule has 0 aliphatic carbocycles. The number of aryl methyl sites for hydroxylation is 1. The molecule has 1 atom stereocenters. The summed E-state index contributed by atoms with van der Waals surface area (Å²) in [7, 11) is 0.0312. The van der Waals surface area contributed by atoms with Crippen LogP contribution in [0.3, 0.4) is 0 Å².